The van der Waals surface area contributed by atoms with Crippen molar-refractivity contribution >= 4 is 22.6 Å². The Hall–Kier alpha value is -1.30. The quantitative estimate of drug-likeness (QED) is 0.840. The molecule has 0 aliphatic heterocycles. The average Bonchev–Trinajstić information content (AvgIpc) is 2.36. The Labute approximate surface area is 112 Å². The van der Waals surface area contributed by atoms with Gasteiger partial charge in [-0.2, -0.15) is 0 Å². The molecular formula is C13H10FIO2. The second-order valence-corrected chi connectivity index (χ2v) is 4.55. The van der Waals surface area contributed by atoms with Crippen LogP contribution >= 0.6 is 22.6 Å². The topological polar surface area (TPSA) is 29.5 Å². The first-order chi connectivity index (χ1) is 8.15. The molecule has 2 nitrogen and oxygen atoms in total. The van der Waals surface area contributed by atoms with Crippen molar-refractivity contribution in [1.82, 2.24) is 0 Å². The van der Waals surface area contributed by atoms with Gasteiger partial charge in [-0.05, 0) is 34.2 Å². The molecule has 0 aromatic heterocycles. The van der Waals surface area contributed by atoms with Crippen LogP contribution in [0.3, 0.4) is 0 Å². The first-order valence-electron chi connectivity index (χ1n) is 4.95. The van der Waals surface area contributed by atoms with Gasteiger partial charge in [0.1, 0.15) is 5.82 Å². The number of hydrogen-bond acceptors (Lipinski definition) is 2. The lowest BCUT2D eigenvalue weighted by molar-refractivity contribution is 0.370. The first kappa shape index (κ1) is 12.2. The Morgan fingerprint density at radius 3 is 2.47 bits per heavy atom. The third kappa shape index (κ3) is 2.22. The van der Waals surface area contributed by atoms with E-state index in [1.54, 1.807) is 22.6 Å². The van der Waals surface area contributed by atoms with Gasteiger partial charge >= 0.3 is 0 Å². The molecule has 88 valence electrons. The summed E-state index contributed by atoms with van der Waals surface area (Å²) in [6, 6.07) is 10.6. The highest BCUT2D eigenvalue weighted by molar-refractivity contribution is 14.1. The van der Waals surface area contributed by atoms with Crippen molar-refractivity contribution in [3.8, 4) is 22.6 Å². The average molecular weight is 344 g/mol. The lowest BCUT2D eigenvalue weighted by Crippen LogP contribution is -1.93. The number of phenolic OH excluding ortho intramolecular Hbond substituents is 1. The van der Waals surface area contributed by atoms with E-state index in [2.05, 4.69) is 0 Å². The van der Waals surface area contributed by atoms with Crippen molar-refractivity contribution in [2.24, 2.45) is 0 Å². The van der Waals surface area contributed by atoms with Crippen LogP contribution in [0.5, 0.6) is 11.5 Å². The van der Waals surface area contributed by atoms with E-state index >= 15 is 0 Å². The fourth-order valence-corrected chi connectivity index (χ4v) is 2.04. The highest BCUT2D eigenvalue weighted by Crippen LogP contribution is 2.41. The molecule has 0 fully saturated rings. The molecule has 2 aromatic rings. The molecule has 0 unspecified atom stereocenters. The minimum absolute atomic E-state index is 0.160. The van der Waals surface area contributed by atoms with Gasteiger partial charge < -0.3 is 9.84 Å². The molecule has 0 spiro atoms. The number of hydrogen-bond donors (Lipinski definition) is 1. The number of ether oxygens (including phenoxy) is 1. The number of benzene rings is 2. The van der Waals surface area contributed by atoms with Gasteiger partial charge in [0.2, 0.25) is 0 Å². The summed E-state index contributed by atoms with van der Waals surface area (Å²) < 4.78 is 18.9. The lowest BCUT2D eigenvalue weighted by Gasteiger charge is -2.12. The fraction of sp³-hybridized carbons (Fsp3) is 0.0769. The van der Waals surface area contributed by atoms with Gasteiger partial charge in [0, 0.05) is 5.56 Å². The van der Waals surface area contributed by atoms with E-state index in [0.717, 1.165) is 5.56 Å². The summed E-state index contributed by atoms with van der Waals surface area (Å²) >= 11 is 1.75. The largest absolute Gasteiger partial charge is 0.503 e. The normalized spacial score (nSPS) is 10.3. The lowest BCUT2D eigenvalue weighted by atomic mass is 10.0. The molecule has 1 N–H and O–H groups in total. The molecule has 0 saturated carbocycles. The smallest absolute Gasteiger partial charge is 0.174 e. The maximum absolute atomic E-state index is 13.6. The molecule has 0 bridgehead atoms. The van der Waals surface area contributed by atoms with Gasteiger partial charge in [-0.15, -0.1) is 0 Å². The fourth-order valence-electron chi connectivity index (χ4n) is 1.63. The van der Waals surface area contributed by atoms with Crippen molar-refractivity contribution in [2.45, 2.75) is 0 Å². The van der Waals surface area contributed by atoms with Crippen LogP contribution in [-0.2, 0) is 0 Å². The third-order valence-corrected chi connectivity index (χ3v) is 3.46. The molecule has 17 heavy (non-hydrogen) atoms. The van der Waals surface area contributed by atoms with Crippen LogP contribution in [0, 0.1) is 9.39 Å². The van der Waals surface area contributed by atoms with Gasteiger partial charge in [0.05, 0.1) is 10.7 Å². The Bertz CT molecular complexity index is 541. The molecule has 2 rings (SSSR count). The second kappa shape index (κ2) is 4.91. The number of methoxy groups -OCH3 is 1. The van der Waals surface area contributed by atoms with E-state index in [1.165, 1.54) is 13.2 Å². The predicted molar refractivity (Wildman–Crippen MR) is 72.8 cm³/mol. The zero-order chi connectivity index (χ0) is 12.4. The van der Waals surface area contributed by atoms with E-state index in [9.17, 15) is 9.50 Å². The van der Waals surface area contributed by atoms with Gasteiger partial charge in [-0.25, -0.2) is 4.39 Å². The molecule has 0 radical (unpaired) electrons. The van der Waals surface area contributed by atoms with Crippen LogP contribution in [0.2, 0.25) is 0 Å². The highest BCUT2D eigenvalue weighted by Gasteiger charge is 2.17. The SMILES string of the molecule is COc1c(-c2ccccc2)cc(F)c(I)c1O. The summed E-state index contributed by atoms with van der Waals surface area (Å²) in [5.41, 5.74) is 1.35. The van der Waals surface area contributed by atoms with Crippen LogP contribution < -0.4 is 4.74 Å². The monoisotopic (exact) mass is 344 g/mol. The summed E-state index contributed by atoms with van der Waals surface area (Å²) in [5.74, 6) is -0.322. The van der Waals surface area contributed by atoms with Gasteiger partial charge in [0.15, 0.2) is 11.5 Å². The zero-order valence-electron chi connectivity index (χ0n) is 9.08. The number of rotatable bonds is 2. The van der Waals surface area contributed by atoms with E-state index in [4.69, 9.17) is 4.74 Å². The van der Waals surface area contributed by atoms with Crippen molar-refractivity contribution in [1.29, 1.82) is 0 Å². The molecule has 0 atom stereocenters. The predicted octanol–water partition coefficient (Wildman–Crippen LogP) is 3.81. The van der Waals surface area contributed by atoms with Crippen molar-refractivity contribution in [3.63, 3.8) is 0 Å². The van der Waals surface area contributed by atoms with Gasteiger partial charge in [-0.1, -0.05) is 30.3 Å². The molecule has 4 heteroatoms. The van der Waals surface area contributed by atoms with E-state index in [1.807, 2.05) is 30.3 Å². The van der Waals surface area contributed by atoms with Gasteiger partial charge in [0.25, 0.3) is 0 Å². The minimum atomic E-state index is -0.456. The number of aromatic hydroxyl groups is 1. The zero-order valence-corrected chi connectivity index (χ0v) is 11.2. The molecule has 2 aromatic carbocycles. The van der Waals surface area contributed by atoms with Crippen LogP contribution in [0.4, 0.5) is 4.39 Å². The summed E-state index contributed by atoms with van der Waals surface area (Å²) in [4.78, 5) is 0. The maximum atomic E-state index is 13.6. The van der Waals surface area contributed by atoms with Gasteiger partial charge in [-0.3, -0.25) is 0 Å². The summed E-state index contributed by atoms with van der Waals surface area (Å²) in [7, 11) is 1.45. The Kier molecular flexibility index (Phi) is 3.51. The summed E-state index contributed by atoms with van der Waals surface area (Å²) in [6.45, 7) is 0. The van der Waals surface area contributed by atoms with Crippen molar-refractivity contribution in [2.75, 3.05) is 7.11 Å². The van der Waals surface area contributed by atoms with Crippen molar-refractivity contribution in [3.05, 3.63) is 45.8 Å². The van der Waals surface area contributed by atoms with Crippen LogP contribution in [-0.4, -0.2) is 12.2 Å². The van der Waals surface area contributed by atoms with Crippen LogP contribution in [0.25, 0.3) is 11.1 Å². The Morgan fingerprint density at radius 2 is 1.88 bits per heavy atom. The van der Waals surface area contributed by atoms with E-state index < -0.39 is 5.82 Å². The standard InChI is InChI=1S/C13H10FIO2/c1-17-13-9(8-5-3-2-4-6-8)7-10(14)11(15)12(13)16/h2-7,16H,1H3. The summed E-state index contributed by atoms with van der Waals surface area (Å²) in [5, 5.41) is 9.85. The molecule has 0 aliphatic carbocycles. The van der Waals surface area contributed by atoms with Crippen molar-refractivity contribution < 1.29 is 14.2 Å². The third-order valence-electron chi connectivity index (χ3n) is 2.44. The molecule has 0 amide bonds. The highest BCUT2D eigenvalue weighted by atomic mass is 127. The minimum Gasteiger partial charge on any atom is -0.503 e. The van der Waals surface area contributed by atoms with E-state index in [-0.39, 0.29) is 9.32 Å². The molecule has 0 heterocycles. The van der Waals surface area contributed by atoms with Crippen LogP contribution in [0.1, 0.15) is 0 Å². The summed E-state index contributed by atoms with van der Waals surface area (Å²) in [6.07, 6.45) is 0. The molecule has 0 aliphatic rings. The Morgan fingerprint density at radius 1 is 1.24 bits per heavy atom. The number of phenols is 1. The number of halogens is 2. The van der Waals surface area contributed by atoms with Crippen LogP contribution in [0.15, 0.2) is 36.4 Å². The second-order valence-electron chi connectivity index (χ2n) is 3.47. The van der Waals surface area contributed by atoms with E-state index in [0.29, 0.717) is 11.3 Å². The Balaban J connectivity index is 2.70. The molecule has 0 saturated heterocycles. The first-order valence-corrected chi connectivity index (χ1v) is 6.03. The maximum Gasteiger partial charge on any atom is 0.174 e. The molecular weight excluding hydrogens is 334 g/mol.